The van der Waals surface area contributed by atoms with Gasteiger partial charge in [-0.3, -0.25) is 0 Å². The predicted molar refractivity (Wildman–Crippen MR) is 75.4 cm³/mol. The van der Waals surface area contributed by atoms with Gasteiger partial charge >= 0.3 is 0 Å². The number of hydrogen-bond donors (Lipinski definition) is 1. The van der Waals surface area contributed by atoms with E-state index in [1.54, 1.807) is 6.07 Å². The van der Waals surface area contributed by atoms with Crippen LogP contribution in [0.15, 0.2) is 52.1 Å². The molecule has 92 valence electrons. The Morgan fingerprint density at radius 1 is 1.22 bits per heavy atom. The zero-order valence-electron chi connectivity index (χ0n) is 9.35. The van der Waals surface area contributed by atoms with Crippen LogP contribution >= 0.6 is 27.5 Å². The van der Waals surface area contributed by atoms with Gasteiger partial charge in [0.1, 0.15) is 5.15 Å². The molecular formula is C13H10BrClN2O. The summed E-state index contributed by atoms with van der Waals surface area (Å²) in [6, 6.07) is 12.9. The first kappa shape index (κ1) is 13.1. The quantitative estimate of drug-likeness (QED) is 0.402. The summed E-state index contributed by atoms with van der Waals surface area (Å²) >= 11 is 9.25. The highest BCUT2D eigenvalue weighted by Gasteiger charge is 2.10. The number of rotatable bonds is 3. The van der Waals surface area contributed by atoms with Gasteiger partial charge in [-0.1, -0.05) is 57.0 Å². The number of pyridine rings is 1. The number of halogens is 2. The maximum atomic E-state index is 9.14. The van der Waals surface area contributed by atoms with Gasteiger partial charge < -0.3 is 5.21 Å². The molecule has 0 aliphatic carbocycles. The predicted octanol–water partition coefficient (Wildman–Crippen LogP) is 3.92. The van der Waals surface area contributed by atoms with E-state index in [1.807, 2.05) is 36.4 Å². The third kappa shape index (κ3) is 3.09. The van der Waals surface area contributed by atoms with Crippen LogP contribution in [0.2, 0.25) is 5.15 Å². The van der Waals surface area contributed by atoms with E-state index in [1.165, 1.54) is 0 Å². The molecule has 18 heavy (non-hydrogen) atoms. The van der Waals surface area contributed by atoms with Crippen molar-refractivity contribution in [2.75, 3.05) is 0 Å². The molecule has 3 nitrogen and oxygen atoms in total. The fourth-order valence-corrected chi connectivity index (χ4v) is 2.29. The van der Waals surface area contributed by atoms with Crippen molar-refractivity contribution in [2.24, 2.45) is 5.16 Å². The molecule has 0 spiro atoms. The fraction of sp³-hybridized carbons (Fsp3) is 0.0769. The van der Waals surface area contributed by atoms with E-state index in [0.29, 0.717) is 17.3 Å². The summed E-state index contributed by atoms with van der Waals surface area (Å²) in [5.41, 5.74) is 2.13. The summed E-state index contributed by atoms with van der Waals surface area (Å²) < 4.78 is 0.875. The molecule has 1 aromatic carbocycles. The largest absolute Gasteiger partial charge is 0.411 e. The minimum atomic E-state index is 0.416. The number of benzene rings is 1. The fourth-order valence-electron chi connectivity index (χ4n) is 1.60. The second kappa shape index (κ2) is 5.98. The van der Waals surface area contributed by atoms with Crippen LogP contribution in [-0.2, 0) is 6.42 Å². The molecule has 0 aliphatic rings. The summed E-state index contributed by atoms with van der Waals surface area (Å²) in [6.07, 6.45) is 0.416. The van der Waals surface area contributed by atoms with Crippen LogP contribution in [0.3, 0.4) is 0 Å². The highest BCUT2D eigenvalue weighted by Crippen LogP contribution is 2.18. The number of oxime groups is 1. The molecule has 0 bridgehead atoms. The lowest BCUT2D eigenvalue weighted by molar-refractivity contribution is 0.318. The van der Waals surface area contributed by atoms with Crippen LogP contribution in [0, 0.1) is 0 Å². The monoisotopic (exact) mass is 324 g/mol. The first-order chi connectivity index (χ1) is 8.70. The zero-order valence-corrected chi connectivity index (χ0v) is 11.7. The Morgan fingerprint density at radius 3 is 2.67 bits per heavy atom. The first-order valence-electron chi connectivity index (χ1n) is 5.28. The molecule has 0 atom stereocenters. The molecule has 0 saturated carbocycles. The van der Waals surface area contributed by atoms with Gasteiger partial charge in [-0.15, -0.1) is 0 Å². The molecule has 2 aromatic rings. The Hall–Kier alpha value is -1.39. The lowest BCUT2D eigenvalue weighted by Gasteiger charge is -2.06. The molecule has 5 heteroatoms. The molecule has 1 heterocycles. The highest BCUT2D eigenvalue weighted by atomic mass is 79.9. The van der Waals surface area contributed by atoms with Crippen molar-refractivity contribution in [1.82, 2.24) is 4.98 Å². The zero-order chi connectivity index (χ0) is 13.0. The van der Waals surface area contributed by atoms with E-state index in [0.717, 1.165) is 15.7 Å². The molecule has 1 N–H and O–H groups in total. The highest BCUT2D eigenvalue weighted by molar-refractivity contribution is 9.10. The van der Waals surface area contributed by atoms with Crippen molar-refractivity contribution in [1.29, 1.82) is 0 Å². The Bertz CT molecular complexity index is 587. The van der Waals surface area contributed by atoms with Gasteiger partial charge in [-0.25, -0.2) is 4.98 Å². The number of aromatic nitrogens is 1. The van der Waals surface area contributed by atoms with Crippen molar-refractivity contribution in [2.45, 2.75) is 6.42 Å². The van der Waals surface area contributed by atoms with Crippen LogP contribution in [0.25, 0.3) is 0 Å². The average molecular weight is 326 g/mol. The van der Waals surface area contributed by atoms with Gasteiger partial charge in [0.25, 0.3) is 0 Å². The van der Waals surface area contributed by atoms with Gasteiger partial charge in [0.2, 0.25) is 0 Å². The molecule has 2 rings (SSSR count). The van der Waals surface area contributed by atoms with Crippen LogP contribution in [-0.4, -0.2) is 15.9 Å². The maximum Gasteiger partial charge on any atom is 0.129 e. The van der Waals surface area contributed by atoms with Gasteiger partial charge in [0.15, 0.2) is 0 Å². The molecule has 1 aromatic heterocycles. The second-order valence-electron chi connectivity index (χ2n) is 3.65. The average Bonchev–Trinajstić information content (AvgIpc) is 2.37. The molecule has 0 unspecified atom stereocenters. The lowest BCUT2D eigenvalue weighted by atomic mass is 10.1. The maximum absolute atomic E-state index is 9.14. The molecular weight excluding hydrogens is 316 g/mol. The van der Waals surface area contributed by atoms with Crippen molar-refractivity contribution in [3.63, 3.8) is 0 Å². The first-order valence-corrected chi connectivity index (χ1v) is 6.45. The Morgan fingerprint density at radius 2 is 2.00 bits per heavy atom. The number of hydrogen-bond acceptors (Lipinski definition) is 3. The summed E-state index contributed by atoms with van der Waals surface area (Å²) in [5.74, 6) is 0. The van der Waals surface area contributed by atoms with Crippen LogP contribution in [0.4, 0.5) is 0 Å². The molecule has 0 fully saturated rings. The normalized spacial score (nSPS) is 11.6. The Labute approximate surface area is 118 Å². The summed E-state index contributed by atoms with van der Waals surface area (Å²) in [5, 5.41) is 12.9. The van der Waals surface area contributed by atoms with Crippen LogP contribution < -0.4 is 0 Å². The van der Waals surface area contributed by atoms with E-state index in [-0.39, 0.29) is 0 Å². The van der Waals surface area contributed by atoms with E-state index >= 15 is 0 Å². The standard InChI is InChI=1S/C13H10BrClN2O/c14-11-6-2-1-5-10(11)12(17-18)8-9-4-3-7-13(15)16-9/h1-7,18H,8H2/b17-12+. The molecule has 0 aliphatic heterocycles. The molecule has 0 saturated heterocycles. The molecule has 0 amide bonds. The SMILES string of the molecule is O/N=C(\Cc1cccc(Cl)n1)c1ccccc1Br. The second-order valence-corrected chi connectivity index (χ2v) is 4.90. The van der Waals surface area contributed by atoms with E-state index in [4.69, 9.17) is 16.8 Å². The van der Waals surface area contributed by atoms with E-state index in [2.05, 4.69) is 26.1 Å². The topological polar surface area (TPSA) is 45.5 Å². The minimum Gasteiger partial charge on any atom is -0.411 e. The van der Waals surface area contributed by atoms with E-state index < -0.39 is 0 Å². The van der Waals surface area contributed by atoms with Crippen molar-refractivity contribution in [3.05, 3.63) is 63.3 Å². The van der Waals surface area contributed by atoms with Gasteiger partial charge in [-0.05, 0) is 18.2 Å². The van der Waals surface area contributed by atoms with Crippen molar-refractivity contribution < 1.29 is 5.21 Å². The summed E-state index contributed by atoms with van der Waals surface area (Å²) in [6.45, 7) is 0. The smallest absolute Gasteiger partial charge is 0.129 e. The van der Waals surface area contributed by atoms with Gasteiger partial charge in [-0.2, -0.15) is 0 Å². The third-order valence-corrected chi connectivity index (χ3v) is 3.33. The van der Waals surface area contributed by atoms with Crippen molar-refractivity contribution >= 4 is 33.2 Å². The summed E-state index contributed by atoms with van der Waals surface area (Å²) in [7, 11) is 0. The Balaban J connectivity index is 2.29. The minimum absolute atomic E-state index is 0.416. The van der Waals surface area contributed by atoms with Gasteiger partial charge in [0, 0.05) is 22.2 Å². The lowest BCUT2D eigenvalue weighted by Crippen LogP contribution is -2.07. The number of nitrogens with zero attached hydrogens (tertiary/aromatic N) is 2. The van der Waals surface area contributed by atoms with Crippen LogP contribution in [0.1, 0.15) is 11.3 Å². The van der Waals surface area contributed by atoms with Crippen LogP contribution in [0.5, 0.6) is 0 Å². The molecule has 0 radical (unpaired) electrons. The van der Waals surface area contributed by atoms with Crippen molar-refractivity contribution in [3.8, 4) is 0 Å². The van der Waals surface area contributed by atoms with E-state index in [9.17, 15) is 0 Å². The van der Waals surface area contributed by atoms with Gasteiger partial charge in [0.05, 0.1) is 5.71 Å². The Kier molecular flexibility index (Phi) is 4.33. The third-order valence-electron chi connectivity index (χ3n) is 2.43. The summed E-state index contributed by atoms with van der Waals surface area (Å²) in [4.78, 5) is 4.17.